The first kappa shape index (κ1) is 14.5. The number of ketones is 1. The molecule has 110 valence electrons. The van der Waals surface area contributed by atoms with E-state index in [-0.39, 0.29) is 5.78 Å². The zero-order valence-electron chi connectivity index (χ0n) is 12.0. The molecule has 21 heavy (non-hydrogen) atoms. The Balaban J connectivity index is 1.71. The predicted molar refractivity (Wildman–Crippen MR) is 86.0 cm³/mol. The second kappa shape index (κ2) is 6.54. The minimum absolute atomic E-state index is 0.162. The van der Waals surface area contributed by atoms with E-state index in [1.165, 1.54) is 25.9 Å². The number of pyridine rings is 1. The van der Waals surface area contributed by atoms with Gasteiger partial charge < -0.3 is 4.90 Å². The fourth-order valence-electron chi connectivity index (χ4n) is 2.98. The minimum atomic E-state index is 0.162. The number of carbonyl (C=O) groups is 1. The number of likely N-dealkylation sites (tertiary alicyclic amines) is 1. The number of hydrogen-bond donors (Lipinski definition) is 0. The second-order valence-electron chi connectivity index (χ2n) is 5.59. The minimum Gasteiger partial charge on any atom is -0.303 e. The van der Waals surface area contributed by atoms with Crippen molar-refractivity contribution in [3.63, 3.8) is 0 Å². The number of nitrogens with zero attached hydrogens (tertiary/aromatic N) is 2. The van der Waals surface area contributed by atoms with Gasteiger partial charge in [0, 0.05) is 17.4 Å². The van der Waals surface area contributed by atoms with Crippen molar-refractivity contribution in [3.05, 3.63) is 41.0 Å². The summed E-state index contributed by atoms with van der Waals surface area (Å²) < 4.78 is 0. The third-order valence-electron chi connectivity index (χ3n) is 4.06. The van der Waals surface area contributed by atoms with Gasteiger partial charge in [-0.3, -0.25) is 4.79 Å². The number of rotatable bonds is 5. The average molecular weight is 303 g/mol. The molecule has 3 nitrogen and oxygen atoms in total. The van der Waals surface area contributed by atoms with Gasteiger partial charge in [0.25, 0.3) is 0 Å². The van der Waals surface area contributed by atoms with Gasteiger partial charge in [-0.25, -0.2) is 4.98 Å². The summed E-state index contributed by atoms with van der Waals surface area (Å²) in [5, 5.41) is 1.28. The SMILES string of the molecule is O=C(CCCN1CCCC1)c1cc(Cl)nc2ccccc12. The van der Waals surface area contributed by atoms with Gasteiger partial charge >= 0.3 is 0 Å². The number of fused-ring (bicyclic) bond motifs is 1. The fraction of sp³-hybridized carbons (Fsp3) is 0.412. The van der Waals surface area contributed by atoms with Crippen LogP contribution in [-0.4, -0.2) is 35.3 Å². The van der Waals surface area contributed by atoms with Gasteiger partial charge in [-0.15, -0.1) is 0 Å². The van der Waals surface area contributed by atoms with E-state index in [0.29, 0.717) is 17.1 Å². The molecule has 3 rings (SSSR count). The highest BCUT2D eigenvalue weighted by Crippen LogP contribution is 2.22. The van der Waals surface area contributed by atoms with E-state index in [0.717, 1.165) is 23.9 Å². The zero-order valence-corrected chi connectivity index (χ0v) is 12.8. The van der Waals surface area contributed by atoms with Crippen LogP contribution < -0.4 is 0 Å². The Morgan fingerprint density at radius 2 is 2.00 bits per heavy atom. The summed E-state index contributed by atoms with van der Waals surface area (Å²) in [7, 11) is 0. The number of aromatic nitrogens is 1. The molecule has 1 saturated heterocycles. The molecule has 0 amide bonds. The largest absolute Gasteiger partial charge is 0.303 e. The Labute approximate surface area is 129 Å². The van der Waals surface area contributed by atoms with Crippen molar-refractivity contribution in [2.24, 2.45) is 0 Å². The molecule has 0 radical (unpaired) electrons. The number of carbonyl (C=O) groups excluding carboxylic acids is 1. The van der Waals surface area contributed by atoms with Gasteiger partial charge in [-0.05, 0) is 51.0 Å². The van der Waals surface area contributed by atoms with E-state index in [1.54, 1.807) is 6.07 Å². The van der Waals surface area contributed by atoms with Gasteiger partial charge in [-0.1, -0.05) is 29.8 Å². The van der Waals surface area contributed by atoms with Crippen LogP contribution in [-0.2, 0) is 0 Å². The van der Waals surface area contributed by atoms with Crippen LogP contribution in [0.2, 0.25) is 5.15 Å². The van der Waals surface area contributed by atoms with Crippen LogP contribution in [0.5, 0.6) is 0 Å². The summed E-state index contributed by atoms with van der Waals surface area (Å²) in [6, 6.07) is 9.36. The Morgan fingerprint density at radius 3 is 2.81 bits per heavy atom. The maximum absolute atomic E-state index is 12.5. The van der Waals surface area contributed by atoms with E-state index in [1.807, 2.05) is 24.3 Å². The quantitative estimate of drug-likeness (QED) is 0.619. The van der Waals surface area contributed by atoms with Crippen molar-refractivity contribution in [3.8, 4) is 0 Å². The lowest BCUT2D eigenvalue weighted by atomic mass is 10.0. The number of benzene rings is 1. The molecule has 1 aliphatic rings. The summed E-state index contributed by atoms with van der Waals surface area (Å²) in [4.78, 5) is 19.2. The molecule has 0 aliphatic carbocycles. The lowest BCUT2D eigenvalue weighted by Gasteiger charge is -2.13. The Hall–Kier alpha value is -1.45. The first-order valence-corrected chi connectivity index (χ1v) is 7.93. The van der Waals surface area contributed by atoms with Gasteiger partial charge in [0.1, 0.15) is 5.15 Å². The Bertz CT molecular complexity index is 650. The third kappa shape index (κ3) is 3.42. The average Bonchev–Trinajstić information content (AvgIpc) is 2.99. The van der Waals surface area contributed by atoms with E-state index >= 15 is 0 Å². The van der Waals surface area contributed by atoms with E-state index in [2.05, 4.69) is 9.88 Å². The molecule has 0 bridgehead atoms. The van der Waals surface area contributed by atoms with Crippen LogP contribution >= 0.6 is 11.6 Å². The number of halogens is 1. The fourth-order valence-corrected chi connectivity index (χ4v) is 3.18. The lowest BCUT2D eigenvalue weighted by molar-refractivity contribution is 0.0977. The van der Waals surface area contributed by atoms with Gasteiger partial charge in [0.05, 0.1) is 5.52 Å². The summed E-state index contributed by atoms with van der Waals surface area (Å²) in [5.74, 6) is 0.162. The lowest BCUT2D eigenvalue weighted by Crippen LogP contribution is -2.21. The predicted octanol–water partition coefficient (Wildman–Crippen LogP) is 3.95. The standard InChI is InChI=1S/C17H19ClN2O/c18-17-12-14(13-6-1-2-7-15(13)19-17)16(21)8-5-11-20-9-3-4-10-20/h1-2,6-7,12H,3-5,8-11H2. The molecule has 1 aliphatic heterocycles. The molecule has 2 heterocycles. The molecule has 1 aromatic carbocycles. The Morgan fingerprint density at radius 1 is 1.24 bits per heavy atom. The summed E-state index contributed by atoms with van der Waals surface area (Å²) in [6.45, 7) is 3.37. The molecule has 2 aromatic rings. The van der Waals surface area contributed by atoms with Gasteiger partial charge in [0.2, 0.25) is 0 Å². The maximum atomic E-state index is 12.5. The molecule has 0 unspecified atom stereocenters. The maximum Gasteiger partial charge on any atom is 0.163 e. The highest BCUT2D eigenvalue weighted by Gasteiger charge is 2.14. The topological polar surface area (TPSA) is 33.2 Å². The van der Waals surface area contributed by atoms with Crippen LogP contribution in [0.1, 0.15) is 36.0 Å². The molecule has 4 heteroatoms. The number of para-hydroxylation sites is 1. The van der Waals surface area contributed by atoms with Crippen molar-refractivity contribution < 1.29 is 4.79 Å². The van der Waals surface area contributed by atoms with Crippen LogP contribution in [0.3, 0.4) is 0 Å². The van der Waals surface area contributed by atoms with Crippen LogP contribution in [0.4, 0.5) is 0 Å². The zero-order chi connectivity index (χ0) is 14.7. The second-order valence-corrected chi connectivity index (χ2v) is 5.97. The highest BCUT2D eigenvalue weighted by molar-refractivity contribution is 6.30. The molecule has 1 aromatic heterocycles. The molecular weight excluding hydrogens is 284 g/mol. The van der Waals surface area contributed by atoms with Gasteiger partial charge in [-0.2, -0.15) is 0 Å². The van der Waals surface area contributed by atoms with Gasteiger partial charge in [0.15, 0.2) is 5.78 Å². The van der Waals surface area contributed by atoms with E-state index in [4.69, 9.17) is 11.6 Å². The van der Waals surface area contributed by atoms with Crippen LogP contribution in [0, 0.1) is 0 Å². The van der Waals surface area contributed by atoms with Crippen molar-refractivity contribution in [2.75, 3.05) is 19.6 Å². The van der Waals surface area contributed by atoms with E-state index < -0.39 is 0 Å². The van der Waals surface area contributed by atoms with Crippen molar-refractivity contribution in [2.45, 2.75) is 25.7 Å². The van der Waals surface area contributed by atoms with E-state index in [9.17, 15) is 4.79 Å². The number of hydrogen-bond acceptors (Lipinski definition) is 3. The molecule has 0 atom stereocenters. The number of Topliss-reactive ketones (excluding diaryl/α,β-unsaturated/α-hetero) is 1. The normalized spacial score (nSPS) is 15.7. The molecule has 1 fully saturated rings. The molecule has 0 spiro atoms. The van der Waals surface area contributed by atoms with Crippen LogP contribution in [0.25, 0.3) is 10.9 Å². The van der Waals surface area contributed by atoms with Crippen molar-refractivity contribution in [1.29, 1.82) is 0 Å². The first-order valence-electron chi connectivity index (χ1n) is 7.55. The van der Waals surface area contributed by atoms with Crippen molar-refractivity contribution in [1.82, 2.24) is 9.88 Å². The third-order valence-corrected chi connectivity index (χ3v) is 4.26. The molecular formula is C17H19ClN2O. The summed E-state index contributed by atoms with van der Waals surface area (Å²) in [5.41, 5.74) is 1.49. The molecule has 0 saturated carbocycles. The monoisotopic (exact) mass is 302 g/mol. The molecule has 0 N–H and O–H groups in total. The van der Waals surface area contributed by atoms with Crippen molar-refractivity contribution >= 4 is 28.3 Å². The Kier molecular flexibility index (Phi) is 4.51. The smallest absolute Gasteiger partial charge is 0.163 e. The van der Waals surface area contributed by atoms with Crippen LogP contribution in [0.15, 0.2) is 30.3 Å². The summed E-state index contributed by atoms with van der Waals surface area (Å²) in [6.07, 6.45) is 4.06. The first-order chi connectivity index (χ1) is 10.2. The highest BCUT2D eigenvalue weighted by atomic mass is 35.5. The summed E-state index contributed by atoms with van der Waals surface area (Å²) >= 11 is 6.03.